The molecule has 1 amide bonds. The molecular formula is C31H25ClN2O5. The van der Waals surface area contributed by atoms with Gasteiger partial charge in [-0.05, 0) is 48.6 Å². The maximum Gasteiger partial charge on any atom is 0.412 e. The third kappa shape index (κ3) is 4.77. The molecule has 0 bridgehead atoms. The minimum absolute atomic E-state index is 0.456. The molecular weight excluding hydrogens is 516 g/mol. The summed E-state index contributed by atoms with van der Waals surface area (Å²) in [6.07, 6.45) is 2.28. The van der Waals surface area contributed by atoms with Crippen molar-refractivity contribution in [2.24, 2.45) is 0 Å². The van der Waals surface area contributed by atoms with Crippen LogP contribution < -0.4 is 5.32 Å². The number of hydrogen-bond acceptors (Lipinski definition) is 5. The van der Waals surface area contributed by atoms with Gasteiger partial charge in [-0.1, -0.05) is 78.3 Å². The molecule has 2 heterocycles. The first-order valence-electron chi connectivity index (χ1n) is 12.6. The van der Waals surface area contributed by atoms with Crippen molar-refractivity contribution in [3.05, 3.63) is 101 Å². The Labute approximate surface area is 229 Å². The molecule has 2 aromatic heterocycles. The van der Waals surface area contributed by atoms with Crippen molar-refractivity contribution in [1.29, 1.82) is 0 Å². The first kappa shape index (κ1) is 24.8. The summed E-state index contributed by atoms with van der Waals surface area (Å²) in [6, 6.07) is 25.0. The van der Waals surface area contributed by atoms with Crippen LogP contribution >= 0.6 is 11.6 Å². The lowest BCUT2D eigenvalue weighted by atomic mass is 9.99. The van der Waals surface area contributed by atoms with Crippen LogP contribution in [0, 0.1) is 0 Å². The summed E-state index contributed by atoms with van der Waals surface area (Å²) in [7, 11) is 0. The van der Waals surface area contributed by atoms with E-state index in [0.717, 1.165) is 40.7 Å². The molecule has 1 atom stereocenters. The van der Waals surface area contributed by atoms with Gasteiger partial charge in [-0.3, -0.25) is 10.1 Å². The molecule has 7 nitrogen and oxygen atoms in total. The zero-order chi connectivity index (χ0) is 27.0. The second kappa shape index (κ2) is 10.0. The van der Waals surface area contributed by atoms with Crippen molar-refractivity contribution in [3.8, 4) is 22.5 Å². The molecule has 6 rings (SSSR count). The molecule has 196 valence electrons. The Morgan fingerprint density at radius 2 is 1.67 bits per heavy atom. The zero-order valence-corrected chi connectivity index (χ0v) is 21.8. The van der Waals surface area contributed by atoms with Gasteiger partial charge in [0.1, 0.15) is 22.9 Å². The number of nitrogens with one attached hydrogen (secondary N) is 2. The van der Waals surface area contributed by atoms with Gasteiger partial charge in [0.05, 0.1) is 0 Å². The second-order valence-electron chi connectivity index (χ2n) is 9.58. The fourth-order valence-electron chi connectivity index (χ4n) is 4.85. The van der Waals surface area contributed by atoms with Crippen LogP contribution in [-0.4, -0.2) is 17.5 Å². The Morgan fingerprint density at radius 3 is 2.33 bits per heavy atom. The van der Waals surface area contributed by atoms with Crippen molar-refractivity contribution in [1.82, 2.24) is 4.98 Å². The fraction of sp³-hybridized carbons (Fsp3) is 0.161. The Hall–Kier alpha value is -4.49. The Bertz CT molecular complexity index is 1650. The highest BCUT2D eigenvalue weighted by atomic mass is 35.5. The van der Waals surface area contributed by atoms with Crippen LogP contribution in [0.15, 0.2) is 89.5 Å². The number of amides is 1. The molecule has 1 fully saturated rings. The third-order valence-electron chi connectivity index (χ3n) is 7.12. The van der Waals surface area contributed by atoms with E-state index in [9.17, 15) is 9.59 Å². The van der Waals surface area contributed by atoms with E-state index < -0.39 is 17.8 Å². The number of rotatable bonds is 8. The molecule has 0 radical (unpaired) electrons. The number of halogens is 1. The summed E-state index contributed by atoms with van der Waals surface area (Å²) in [5.41, 5.74) is 5.90. The van der Waals surface area contributed by atoms with Gasteiger partial charge < -0.3 is 18.9 Å². The average Bonchev–Trinajstić information content (AvgIpc) is 3.45. The number of aromatic nitrogens is 1. The van der Waals surface area contributed by atoms with Crippen LogP contribution in [0.2, 0.25) is 5.02 Å². The SMILES string of the molecule is CC(OC(=O)Nc1c(-c2ccc(-c3ccc(C4(OC=O)CC4)cc3)cc2)oc2cc[nH]c12)c1ccccc1Cl. The Balaban J connectivity index is 1.22. The first-order chi connectivity index (χ1) is 19.0. The van der Waals surface area contributed by atoms with E-state index in [1.165, 1.54) is 0 Å². The third-order valence-corrected chi connectivity index (χ3v) is 7.47. The number of furan rings is 1. The topological polar surface area (TPSA) is 93.6 Å². The maximum absolute atomic E-state index is 12.9. The highest BCUT2D eigenvalue weighted by Gasteiger charge is 2.46. The van der Waals surface area contributed by atoms with Gasteiger partial charge in [0, 0.05) is 22.3 Å². The number of carbonyl (C=O) groups is 2. The fourth-order valence-corrected chi connectivity index (χ4v) is 5.14. The van der Waals surface area contributed by atoms with Crippen LogP contribution in [0.5, 0.6) is 0 Å². The molecule has 1 aliphatic rings. The van der Waals surface area contributed by atoms with Gasteiger partial charge in [-0.25, -0.2) is 4.79 Å². The van der Waals surface area contributed by atoms with Gasteiger partial charge in [-0.2, -0.15) is 0 Å². The number of ether oxygens (including phenoxy) is 2. The smallest absolute Gasteiger partial charge is 0.412 e. The van der Waals surface area contributed by atoms with Crippen LogP contribution in [0.4, 0.5) is 10.5 Å². The van der Waals surface area contributed by atoms with Crippen molar-refractivity contribution >= 4 is 41.0 Å². The number of hydrogen-bond donors (Lipinski definition) is 2. The highest BCUT2D eigenvalue weighted by Crippen LogP contribution is 2.49. The molecule has 0 saturated heterocycles. The molecule has 1 aliphatic carbocycles. The lowest BCUT2D eigenvalue weighted by Crippen LogP contribution is -2.16. The summed E-state index contributed by atoms with van der Waals surface area (Å²) in [6.45, 7) is 2.30. The van der Waals surface area contributed by atoms with Gasteiger partial charge >= 0.3 is 6.09 Å². The number of H-pyrrole nitrogens is 1. The van der Waals surface area contributed by atoms with Gasteiger partial charge in [-0.15, -0.1) is 0 Å². The van der Waals surface area contributed by atoms with E-state index in [1.54, 1.807) is 25.3 Å². The van der Waals surface area contributed by atoms with E-state index in [2.05, 4.69) is 10.3 Å². The number of fused-ring (bicyclic) bond motifs is 1. The van der Waals surface area contributed by atoms with E-state index in [4.69, 9.17) is 25.5 Å². The minimum Gasteiger partial charge on any atom is -0.456 e. The van der Waals surface area contributed by atoms with Gasteiger partial charge in [0.25, 0.3) is 6.47 Å². The minimum atomic E-state index is -0.621. The van der Waals surface area contributed by atoms with Crippen molar-refractivity contribution in [3.63, 3.8) is 0 Å². The molecule has 3 aromatic carbocycles. The standard InChI is InChI=1S/C31H25ClN2O5/c1-19(24-4-2-3-5-25(24)32)38-30(36)34-28-27-26(14-17-33-27)39-29(28)22-8-6-20(7-9-22)21-10-12-23(13-11-21)31(15-16-31)37-18-35/h2-14,17-19,33H,15-16H2,1H3,(H,34,36). The molecule has 8 heteroatoms. The first-order valence-corrected chi connectivity index (χ1v) is 13.0. The molecule has 2 N–H and O–H groups in total. The summed E-state index contributed by atoms with van der Waals surface area (Å²) in [5, 5.41) is 3.39. The molecule has 39 heavy (non-hydrogen) atoms. The number of benzene rings is 3. The largest absolute Gasteiger partial charge is 0.456 e. The van der Waals surface area contributed by atoms with Crippen LogP contribution in [0.3, 0.4) is 0 Å². The molecule has 5 aromatic rings. The van der Waals surface area contributed by atoms with Gasteiger partial charge in [0.2, 0.25) is 0 Å². The molecule has 1 unspecified atom stereocenters. The molecule has 1 saturated carbocycles. The number of carbonyl (C=O) groups excluding carboxylic acids is 2. The number of anilines is 1. The van der Waals surface area contributed by atoms with Crippen LogP contribution in [0.25, 0.3) is 33.6 Å². The summed E-state index contributed by atoms with van der Waals surface area (Å²) < 4.78 is 17.0. The Morgan fingerprint density at radius 1 is 1.00 bits per heavy atom. The summed E-state index contributed by atoms with van der Waals surface area (Å²) in [5.74, 6) is 0.516. The van der Waals surface area contributed by atoms with Crippen LogP contribution in [-0.2, 0) is 19.9 Å². The highest BCUT2D eigenvalue weighted by molar-refractivity contribution is 6.31. The van der Waals surface area contributed by atoms with Crippen molar-refractivity contribution in [2.45, 2.75) is 31.5 Å². The zero-order valence-electron chi connectivity index (χ0n) is 21.1. The number of aromatic amines is 1. The van der Waals surface area contributed by atoms with E-state index in [0.29, 0.717) is 34.0 Å². The predicted molar refractivity (Wildman–Crippen MR) is 149 cm³/mol. The van der Waals surface area contributed by atoms with E-state index in [1.807, 2.05) is 66.7 Å². The lowest BCUT2D eigenvalue weighted by molar-refractivity contribution is -0.136. The van der Waals surface area contributed by atoms with Gasteiger partial charge in [0.15, 0.2) is 11.3 Å². The second-order valence-corrected chi connectivity index (χ2v) is 9.99. The quantitative estimate of drug-likeness (QED) is 0.193. The predicted octanol–water partition coefficient (Wildman–Crippen LogP) is 8.22. The summed E-state index contributed by atoms with van der Waals surface area (Å²) in [4.78, 5) is 26.9. The monoisotopic (exact) mass is 540 g/mol. The molecule has 0 spiro atoms. The average molecular weight is 541 g/mol. The van der Waals surface area contributed by atoms with Crippen LogP contribution in [0.1, 0.15) is 37.0 Å². The summed E-state index contributed by atoms with van der Waals surface area (Å²) >= 11 is 6.26. The van der Waals surface area contributed by atoms with Crippen molar-refractivity contribution in [2.75, 3.05) is 5.32 Å². The Kier molecular flexibility index (Phi) is 6.37. The van der Waals surface area contributed by atoms with E-state index >= 15 is 0 Å². The molecule has 0 aliphatic heterocycles. The normalized spacial score (nSPS) is 14.5. The lowest BCUT2D eigenvalue weighted by Gasteiger charge is -2.15. The van der Waals surface area contributed by atoms with E-state index in [-0.39, 0.29) is 0 Å². The maximum atomic E-state index is 12.9. The van der Waals surface area contributed by atoms with Crippen molar-refractivity contribution < 1.29 is 23.5 Å².